The summed E-state index contributed by atoms with van der Waals surface area (Å²) in [5, 5.41) is 12.4. The van der Waals surface area contributed by atoms with E-state index in [9.17, 15) is 0 Å². The fourth-order valence-corrected chi connectivity index (χ4v) is 1.74. The Hall–Kier alpha value is -2.20. The monoisotopic (exact) mass is 276 g/mol. The maximum atomic E-state index is 8.68. The van der Waals surface area contributed by atoms with E-state index in [1.165, 1.54) is 0 Å². The first-order chi connectivity index (χ1) is 9.10. The number of benzene rings is 2. The molecule has 4 nitrogen and oxygen atoms in total. The summed E-state index contributed by atoms with van der Waals surface area (Å²) in [5.74, 6) is 1.19. The lowest BCUT2D eigenvalue weighted by molar-refractivity contribution is 0.319. The Morgan fingerprint density at radius 1 is 1.21 bits per heavy atom. The van der Waals surface area contributed by atoms with Crippen molar-refractivity contribution in [2.24, 2.45) is 5.16 Å². The third-order valence-corrected chi connectivity index (χ3v) is 2.86. The molecule has 0 aromatic heterocycles. The molecule has 0 saturated carbocycles. The summed E-state index contributed by atoms with van der Waals surface area (Å²) in [5.41, 5.74) is 7.64. The van der Waals surface area contributed by atoms with Crippen LogP contribution in [0.4, 0.5) is 5.69 Å². The minimum atomic E-state index is 0.477. The third-order valence-electron chi connectivity index (χ3n) is 2.62. The molecule has 2 aromatic carbocycles. The molecule has 0 amide bonds. The van der Waals surface area contributed by atoms with E-state index in [1.54, 1.807) is 49.4 Å². The Morgan fingerprint density at radius 2 is 1.89 bits per heavy atom. The van der Waals surface area contributed by atoms with E-state index < -0.39 is 0 Å². The molecular weight excluding hydrogens is 264 g/mol. The predicted octanol–water partition coefficient (Wildman–Crippen LogP) is 3.91. The molecule has 0 aliphatic rings. The summed E-state index contributed by atoms with van der Waals surface area (Å²) in [6.45, 7) is 1.72. The molecule has 2 aromatic rings. The highest BCUT2D eigenvalue weighted by atomic mass is 35.5. The van der Waals surface area contributed by atoms with Gasteiger partial charge in [0.15, 0.2) is 0 Å². The largest absolute Gasteiger partial charge is 0.455 e. The van der Waals surface area contributed by atoms with Crippen molar-refractivity contribution in [2.75, 3.05) is 5.73 Å². The molecule has 98 valence electrons. The highest BCUT2D eigenvalue weighted by molar-refractivity contribution is 6.30. The van der Waals surface area contributed by atoms with Crippen LogP contribution in [0.3, 0.4) is 0 Å². The lowest BCUT2D eigenvalue weighted by Crippen LogP contribution is -1.95. The van der Waals surface area contributed by atoms with E-state index in [2.05, 4.69) is 5.16 Å². The molecule has 2 rings (SSSR count). The number of rotatable bonds is 3. The Bertz CT molecular complexity index is 609. The van der Waals surface area contributed by atoms with Crippen molar-refractivity contribution in [3.8, 4) is 11.5 Å². The normalized spacial score (nSPS) is 11.4. The van der Waals surface area contributed by atoms with Crippen LogP contribution in [0.5, 0.6) is 11.5 Å². The minimum absolute atomic E-state index is 0.477. The maximum absolute atomic E-state index is 8.68. The molecule has 3 N–H and O–H groups in total. The number of nitrogens with two attached hydrogens (primary N) is 1. The Labute approximate surface area is 116 Å². The molecule has 0 radical (unpaired) electrons. The minimum Gasteiger partial charge on any atom is -0.455 e. The molecule has 0 aliphatic heterocycles. The van der Waals surface area contributed by atoms with Crippen LogP contribution in [0.1, 0.15) is 12.5 Å². The Kier molecular flexibility index (Phi) is 3.92. The van der Waals surface area contributed by atoms with Gasteiger partial charge in [0.1, 0.15) is 11.5 Å². The number of nitrogens with zero attached hydrogens (tertiary/aromatic N) is 1. The number of anilines is 1. The average molecular weight is 277 g/mol. The quantitative estimate of drug-likeness (QED) is 0.386. The molecule has 0 fully saturated rings. The van der Waals surface area contributed by atoms with Crippen LogP contribution in [-0.2, 0) is 0 Å². The van der Waals surface area contributed by atoms with Crippen molar-refractivity contribution >= 4 is 23.0 Å². The van der Waals surface area contributed by atoms with Crippen molar-refractivity contribution in [2.45, 2.75) is 6.92 Å². The molecular formula is C14H13ClN2O2. The molecule has 0 spiro atoms. The van der Waals surface area contributed by atoms with Crippen molar-refractivity contribution in [3.05, 3.63) is 53.1 Å². The van der Waals surface area contributed by atoms with E-state index in [1.807, 2.05) is 0 Å². The second-order valence-corrected chi connectivity index (χ2v) is 4.43. The summed E-state index contributed by atoms with van der Waals surface area (Å²) in [4.78, 5) is 0. The van der Waals surface area contributed by atoms with Crippen LogP contribution < -0.4 is 10.5 Å². The highest BCUT2D eigenvalue weighted by Crippen LogP contribution is 2.29. The number of ether oxygens (including phenoxy) is 1. The number of hydrogen-bond acceptors (Lipinski definition) is 4. The van der Waals surface area contributed by atoms with Crippen LogP contribution >= 0.6 is 11.6 Å². The molecule has 0 atom stereocenters. The molecule has 0 unspecified atom stereocenters. The first-order valence-electron chi connectivity index (χ1n) is 5.62. The van der Waals surface area contributed by atoms with E-state index in [4.69, 9.17) is 27.3 Å². The zero-order chi connectivity index (χ0) is 13.8. The van der Waals surface area contributed by atoms with Gasteiger partial charge in [-0.05, 0) is 55.0 Å². The van der Waals surface area contributed by atoms with Crippen LogP contribution in [0.15, 0.2) is 47.6 Å². The SMILES string of the molecule is CC(=NO)c1ccc(Oc2ccc(Cl)cc2N)cc1. The van der Waals surface area contributed by atoms with Crippen molar-refractivity contribution in [1.29, 1.82) is 0 Å². The Balaban J connectivity index is 2.20. The smallest absolute Gasteiger partial charge is 0.150 e. The van der Waals surface area contributed by atoms with E-state index in [-0.39, 0.29) is 0 Å². The summed E-state index contributed by atoms with van der Waals surface area (Å²) < 4.78 is 5.65. The number of nitrogen functional groups attached to an aromatic ring is 1. The van der Waals surface area contributed by atoms with Gasteiger partial charge in [-0.1, -0.05) is 16.8 Å². The van der Waals surface area contributed by atoms with Crippen molar-refractivity contribution in [1.82, 2.24) is 0 Å². The van der Waals surface area contributed by atoms with Gasteiger partial charge in [-0.3, -0.25) is 0 Å². The topological polar surface area (TPSA) is 67.8 Å². The van der Waals surface area contributed by atoms with Gasteiger partial charge in [0.25, 0.3) is 0 Å². The molecule has 0 bridgehead atoms. The second-order valence-electron chi connectivity index (χ2n) is 3.99. The molecule has 19 heavy (non-hydrogen) atoms. The van der Waals surface area contributed by atoms with Crippen LogP contribution in [0, 0.1) is 0 Å². The summed E-state index contributed by atoms with van der Waals surface area (Å²) in [6.07, 6.45) is 0. The van der Waals surface area contributed by atoms with Gasteiger partial charge in [0, 0.05) is 5.02 Å². The number of oxime groups is 1. The van der Waals surface area contributed by atoms with Gasteiger partial charge in [-0.2, -0.15) is 0 Å². The summed E-state index contributed by atoms with van der Waals surface area (Å²) >= 11 is 5.82. The molecule has 0 heterocycles. The van der Waals surface area contributed by atoms with Crippen molar-refractivity contribution < 1.29 is 9.94 Å². The van der Waals surface area contributed by atoms with Crippen LogP contribution in [-0.4, -0.2) is 10.9 Å². The zero-order valence-electron chi connectivity index (χ0n) is 10.3. The van der Waals surface area contributed by atoms with Crippen LogP contribution in [0.2, 0.25) is 5.02 Å². The van der Waals surface area contributed by atoms with Gasteiger partial charge in [0.05, 0.1) is 11.4 Å². The maximum Gasteiger partial charge on any atom is 0.150 e. The van der Waals surface area contributed by atoms with Gasteiger partial charge in [0.2, 0.25) is 0 Å². The number of halogens is 1. The van der Waals surface area contributed by atoms with Crippen molar-refractivity contribution in [3.63, 3.8) is 0 Å². The lowest BCUT2D eigenvalue weighted by atomic mass is 10.1. The molecule has 0 saturated heterocycles. The summed E-state index contributed by atoms with van der Waals surface area (Å²) in [6, 6.07) is 12.2. The van der Waals surface area contributed by atoms with Gasteiger partial charge in [-0.15, -0.1) is 0 Å². The fraction of sp³-hybridized carbons (Fsp3) is 0.0714. The van der Waals surface area contributed by atoms with Gasteiger partial charge < -0.3 is 15.7 Å². The molecule has 5 heteroatoms. The van der Waals surface area contributed by atoms with Gasteiger partial charge in [-0.25, -0.2) is 0 Å². The summed E-state index contributed by atoms with van der Waals surface area (Å²) in [7, 11) is 0. The first-order valence-corrected chi connectivity index (χ1v) is 6.00. The lowest BCUT2D eigenvalue weighted by Gasteiger charge is -2.09. The fourth-order valence-electron chi connectivity index (χ4n) is 1.56. The zero-order valence-corrected chi connectivity index (χ0v) is 11.1. The Morgan fingerprint density at radius 3 is 2.47 bits per heavy atom. The molecule has 0 aliphatic carbocycles. The first kappa shape index (κ1) is 13.2. The third kappa shape index (κ3) is 3.17. The van der Waals surface area contributed by atoms with Crippen LogP contribution in [0.25, 0.3) is 0 Å². The van der Waals surface area contributed by atoms with Gasteiger partial charge >= 0.3 is 0 Å². The highest BCUT2D eigenvalue weighted by Gasteiger charge is 2.04. The van der Waals surface area contributed by atoms with E-state index >= 15 is 0 Å². The predicted molar refractivity (Wildman–Crippen MR) is 76.4 cm³/mol. The average Bonchev–Trinajstić information content (AvgIpc) is 2.42. The second kappa shape index (κ2) is 5.63. The number of hydrogen-bond donors (Lipinski definition) is 2. The van der Waals surface area contributed by atoms with E-state index in [0.717, 1.165) is 5.56 Å². The standard InChI is InChI=1S/C14H13ClN2O2/c1-9(17-18)10-2-5-12(6-3-10)19-14-7-4-11(15)8-13(14)16/h2-8,18H,16H2,1H3. The van der Waals surface area contributed by atoms with E-state index in [0.29, 0.717) is 27.9 Å².